The van der Waals surface area contributed by atoms with E-state index in [9.17, 15) is 19.6 Å². The van der Waals surface area contributed by atoms with Gasteiger partial charge in [-0.25, -0.2) is 0 Å². The number of anilines is 1. The maximum atomic E-state index is 13.4. The van der Waals surface area contributed by atoms with Crippen LogP contribution in [-0.2, 0) is 16.6 Å². The summed E-state index contributed by atoms with van der Waals surface area (Å²) < 4.78 is 2.11. The highest BCUT2D eigenvalue weighted by atomic mass is 32.2. The molecule has 2 aliphatic heterocycles. The number of rotatable bonds is 13. The molecule has 0 atom stereocenters. The van der Waals surface area contributed by atoms with Crippen LogP contribution in [0.5, 0.6) is 0 Å². The van der Waals surface area contributed by atoms with Crippen LogP contribution < -0.4 is 10.5 Å². The first-order chi connectivity index (χ1) is 18.8. The minimum atomic E-state index is -0.727. The first-order valence-corrected chi connectivity index (χ1v) is 15.3. The molecule has 2 fully saturated rings. The van der Waals surface area contributed by atoms with Crippen LogP contribution in [0.2, 0.25) is 0 Å². The topological polar surface area (TPSA) is 107 Å². The highest BCUT2D eigenvalue weighted by molar-refractivity contribution is 8.26. The third kappa shape index (κ3) is 8.18. The zero-order valence-corrected chi connectivity index (χ0v) is 24.8. The number of pyridine rings is 1. The van der Waals surface area contributed by atoms with Gasteiger partial charge in [0, 0.05) is 38.7 Å². The van der Waals surface area contributed by atoms with E-state index in [1.165, 1.54) is 11.8 Å². The predicted molar refractivity (Wildman–Crippen MR) is 161 cm³/mol. The Bertz CT molecular complexity index is 1190. The summed E-state index contributed by atoms with van der Waals surface area (Å²) in [6.45, 7) is 4.04. The van der Waals surface area contributed by atoms with Crippen LogP contribution in [0.25, 0.3) is 6.08 Å². The van der Waals surface area contributed by atoms with Gasteiger partial charge in [-0.2, -0.15) is 5.26 Å². The molecule has 0 spiro atoms. The molecule has 1 N–H and O–H groups in total. The lowest BCUT2D eigenvalue weighted by molar-refractivity contribution is -0.137. The van der Waals surface area contributed by atoms with E-state index in [1.807, 2.05) is 6.08 Å². The highest BCUT2D eigenvalue weighted by Gasteiger charge is 2.32. The number of hydrogen-bond donors (Lipinski definition) is 1. The number of hydrogen-bond acceptors (Lipinski definition) is 7. The number of amides is 1. The van der Waals surface area contributed by atoms with E-state index in [-0.39, 0.29) is 23.5 Å². The summed E-state index contributed by atoms with van der Waals surface area (Å²) in [5, 5.41) is 18.4. The fourth-order valence-electron chi connectivity index (χ4n) is 5.31. The smallest absolute Gasteiger partial charge is 0.303 e. The Morgan fingerprint density at radius 2 is 1.62 bits per heavy atom. The normalized spacial score (nSPS) is 17.1. The molecule has 0 saturated carbocycles. The Morgan fingerprint density at radius 1 is 1.03 bits per heavy atom. The van der Waals surface area contributed by atoms with Crippen molar-refractivity contribution in [3.63, 3.8) is 0 Å². The molecule has 0 aromatic carbocycles. The Labute approximate surface area is 241 Å². The maximum absolute atomic E-state index is 13.4. The molecule has 0 unspecified atom stereocenters. The molecule has 39 heavy (non-hydrogen) atoms. The van der Waals surface area contributed by atoms with Crippen LogP contribution >= 0.6 is 24.0 Å². The van der Waals surface area contributed by atoms with Crippen molar-refractivity contribution in [1.82, 2.24) is 9.47 Å². The molecule has 0 radical (unpaired) electrons. The van der Waals surface area contributed by atoms with Crippen molar-refractivity contribution in [2.24, 2.45) is 7.05 Å². The van der Waals surface area contributed by atoms with Crippen molar-refractivity contribution in [3.05, 3.63) is 31.9 Å². The van der Waals surface area contributed by atoms with E-state index in [2.05, 4.69) is 11.0 Å². The van der Waals surface area contributed by atoms with Gasteiger partial charge in [-0.1, -0.05) is 75.3 Å². The number of aliphatic carboxylic acids is 1. The van der Waals surface area contributed by atoms with Crippen molar-refractivity contribution in [2.75, 3.05) is 24.5 Å². The van der Waals surface area contributed by atoms with Crippen LogP contribution in [-0.4, -0.2) is 50.4 Å². The number of carboxylic acids is 1. The molecule has 3 rings (SSSR count). The van der Waals surface area contributed by atoms with E-state index < -0.39 is 5.97 Å². The molecule has 212 valence electrons. The van der Waals surface area contributed by atoms with Crippen LogP contribution in [0.15, 0.2) is 9.70 Å². The van der Waals surface area contributed by atoms with E-state index in [1.54, 1.807) is 23.4 Å². The van der Waals surface area contributed by atoms with Crippen molar-refractivity contribution >= 4 is 52.1 Å². The van der Waals surface area contributed by atoms with Crippen molar-refractivity contribution < 1.29 is 14.7 Å². The van der Waals surface area contributed by atoms with E-state index in [4.69, 9.17) is 17.3 Å². The summed E-state index contributed by atoms with van der Waals surface area (Å²) in [5.74, 6) is -0.0709. The Morgan fingerprint density at radius 3 is 2.21 bits per heavy atom. The molecule has 8 nitrogen and oxygen atoms in total. The van der Waals surface area contributed by atoms with Crippen LogP contribution in [0.1, 0.15) is 100 Å². The third-order valence-corrected chi connectivity index (χ3v) is 8.92. The largest absolute Gasteiger partial charge is 0.481 e. The number of nitrogens with zero attached hydrogens (tertiary/aromatic N) is 4. The van der Waals surface area contributed by atoms with Gasteiger partial charge in [0.25, 0.3) is 11.5 Å². The maximum Gasteiger partial charge on any atom is 0.303 e. The second kappa shape index (κ2) is 15.2. The first-order valence-electron chi connectivity index (χ1n) is 14.1. The number of aromatic nitrogens is 1. The SMILES string of the molecule is Cc1c(/C=C2\SC(=S)N(CCCCCCCCCCC(=O)O)C2=O)c(N2CCCCCC2)n(C)c(=O)c1C#N. The lowest BCUT2D eigenvalue weighted by atomic mass is 10.0. The summed E-state index contributed by atoms with van der Waals surface area (Å²) in [6.07, 6.45) is 14.4. The second-order valence-electron chi connectivity index (χ2n) is 10.4. The molecule has 3 heterocycles. The standard InChI is InChI=1S/C29H40N4O4S2/c1-21-22(26(31(2)27(36)23(21)20-30)32-16-12-9-10-13-17-32)19-24-28(37)33(29(38)39-24)18-14-8-6-4-3-5-7-11-15-25(34)35/h19H,3-18H2,1-2H3,(H,34,35)/b24-19-. The van der Waals surface area contributed by atoms with E-state index in [0.717, 1.165) is 102 Å². The molecule has 0 aliphatic carbocycles. The number of carbonyl (C=O) groups excluding carboxylic acids is 1. The van der Waals surface area contributed by atoms with Gasteiger partial charge in [0.05, 0.1) is 4.91 Å². The number of thiocarbonyl (C=S) groups is 1. The average molecular weight is 573 g/mol. The fourth-order valence-corrected chi connectivity index (χ4v) is 6.60. The summed E-state index contributed by atoms with van der Waals surface area (Å²) in [4.78, 5) is 41.3. The summed E-state index contributed by atoms with van der Waals surface area (Å²) in [7, 11) is 1.71. The molecule has 2 saturated heterocycles. The van der Waals surface area contributed by atoms with Crippen molar-refractivity contribution in [3.8, 4) is 6.07 Å². The summed E-state index contributed by atoms with van der Waals surface area (Å²) in [5.41, 5.74) is 1.16. The summed E-state index contributed by atoms with van der Waals surface area (Å²) >= 11 is 6.85. The van der Waals surface area contributed by atoms with Gasteiger partial charge in [-0.05, 0) is 44.2 Å². The van der Waals surface area contributed by atoms with Crippen LogP contribution in [0.3, 0.4) is 0 Å². The molecular formula is C29H40N4O4S2. The zero-order valence-electron chi connectivity index (χ0n) is 23.2. The number of thioether (sulfide) groups is 1. The van der Waals surface area contributed by atoms with Gasteiger partial charge in [-0.3, -0.25) is 23.9 Å². The number of carboxylic acid groups (broad SMARTS) is 1. The first kappa shape index (κ1) is 30.9. The lowest BCUT2D eigenvalue weighted by Gasteiger charge is -2.28. The number of unbranched alkanes of at least 4 members (excludes halogenated alkanes) is 7. The minimum absolute atomic E-state index is 0.111. The van der Waals surface area contributed by atoms with Crippen molar-refractivity contribution in [1.29, 1.82) is 5.26 Å². The van der Waals surface area contributed by atoms with Gasteiger partial charge in [0.15, 0.2) is 0 Å². The van der Waals surface area contributed by atoms with Gasteiger partial charge >= 0.3 is 5.97 Å². The Kier molecular flexibility index (Phi) is 12.1. The molecule has 0 bridgehead atoms. The average Bonchev–Trinajstić information content (AvgIpc) is 3.07. The fraction of sp³-hybridized carbons (Fsp3) is 0.621. The molecular weight excluding hydrogens is 532 g/mol. The van der Waals surface area contributed by atoms with Gasteiger partial charge in [0.2, 0.25) is 0 Å². The molecule has 1 aromatic rings. The molecule has 1 amide bonds. The van der Waals surface area contributed by atoms with E-state index in [0.29, 0.717) is 21.3 Å². The highest BCUT2D eigenvalue weighted by Crippen LogP contribution is 2.36. The molecule has 1 aromatic heterocycles. The van der Waals surface area contributed by atoms with Gasteiger partial charge in [-0.15, -0.1) is 0 Å². The lowest BCUT2D eigenvalue weighted by Crippen LogP contribution is -2.34. The van der Waals surface area contributed by atoms with Crippen LogP contribution in [0, 0.1) is 18.3 Å². The second-order valence-corrected chi connectivity index (χ2v) is 12.1. The predicted octanol–water partition coefficient (Wildman–Crippen LogP) is 5.74. The molecule has 2 aliphatic rings. The molecule has 10 heteroatoms. The van der Waals surface area contributed by atoms with E-state index >= 15 is 0 Å². The monoisotopic (exact) mass is 572 g/mol. The summed E-state index contributed by atoms with van der Waals surface area (Å²) in [6, 6.07) is 2.07. The quantitative estimate of drug-likeness (QED) is 0.181. The third-order valence-electron chi connectivity index (χ3n) is 7.54. The Balaban J connectivity index is 1.66. The van der Waals surface area contributed by atoms with Gasteiger partial charge < -0.3 is 10.0 Å². The number of carbonyl (C=O) groups is 2. The minimum Gasteiger partial charge on any atom is -0.481 e. The van der Waals surface area contributed by atoms with Crippen LogP contribution in [0.4, 0.5) is 5.82 Å². The Hall–Kier alpha value is -2.64. The van der Waals surface area contributed by atoms with Gasteiger partial charge in [0.1, 0.15) is 21.8 Å². The van der Waals surface area contributed by atoms with Crippen molar-refractivity contribution in [2.45, 2.75) is 90.4 Å². The number of nitriles is 1. The zero-order chi connectivity index (χ0) is 28.4.